The topological polar surface area (TPSA) is 91.4 Å². The van der Waals surface area contributed by atoms with Crippen LogP contribution in [0.5, 0.6) is 17.2 Å². The molecule has 166 valence electrons. The van der Waals surface area contributed by atoms with Gasteiger partial charge in [-0.2, -0.15) is 4.31 Å². The lowest BCUT2D eigenvalue weighted by molar-refractivity contribution is -0.137. The fraction of sp³-hybridized carbons (Fsp3) is 0.318. The smallest absolute Gasteiger partial charge is 0.331 e. The molecule has 1 heterocycles. The number of carbonyl (C=O) groups is 1. The highest BCUT2D eigenvalue weighted by atomic mass is 32.2. The number of fused-ring (bicyclic) bond motifs is 1. The van der Waals surface area contributed by atoms with Gasteiger partial charge in [0.25, 0.3) is 0 Å². The third-order valence-electron chi connectivity index (χ3n) is 4.86. The van der Waals surface area contributed by atoms with E-state index in [0.717, 1.165) is 0 Å². The second-order valence-electron chi connectivity index (χ2n) is 6.72. The number of sulfonamides is 1. The lowest BCUT2D eigenvalue weighted by atomic mass is 10.0. The van der Waals surface area contributed by atoms with Gasteiger partial charge in [0.2, 0.25) is 15.8 Å². The Morgan fingerprint density at radius 2 is 1.71 bits per heavy atom. The zero-order valence-electron chi connectivity index (χ0n) is 17.9. The third kappa shape index (κ3) is 4.52. The molecular weight excluding hydrogens is 422 g/mol. The van der Waals surface area contributed by atoms with Crippen LogP contribution in [-0.2, 0) is 26.1 Å². The van der Waals surface area contributed by atoms with Gasteiger partial charge >= 0.3 is 5.97 Å². The molecule has 0 bridgehead atoms. The van der Waals surface area contributed by atoms with Crippen molar-refractivity contribution in [2.45, 2.75) is 18.4 Å². The van der Waals surface area contributed by atoms with E-state index < -0.39 is 16.0 Å². The molecule has 0 fully saturated rings. The van der Waals surface area contributed by atoms with Crippen LogP contribution in [0.3, 0.4) is 0 Å². The van der Waals surface area contributed by atoms with Crippen LogP contribution in [0.2, 0.25) is 0 Å². The normalized spacial score (nSPS) is 16.5. The van der Waals surface area contributed by atoms with Crippen molar-refractivity contribution in [1.29, 1.82) is 0 Å². The molecule has 2 aromatic rings. The Morgan fingerprint density at radius 1 is 1.06 bits per heavy atom. The Labute approximate surface area is 182 Å². The molecule has 2 aromatic carbocycles. The number of carbonyl (C=O) groups excluding carboxylic acids is 1. The van der Waals surface area contributed by atoms with Gasteiger partial charge in [-0.05, 0) is 41.8 Å². The minimum atomic E-state index is -3.79. The van der Waals surface area contributed by atoms with Gasteiger partial charge < -0.3 is 18.9 Å². The summed E-state index contributed by atoms with van der Waals surface area (Å²) in [6.45, 7) is 2.02. The first-order valence-electron chi connectivity index (χ1n) is 9.61. The molecule has 9 heteroatoms. The SMILES string of the molecule is CCOC(=O)/C=C1\CN(Cc2cc(OC)c(OC)c(OC)c2)S(=O)(=O)c2ccccc21. The Hall–Kier alpha value is -3.04. The van der Waals surface area contributed by atoms with Gasteiger partial charge in [-0.1, -0.05) is 18.2 Å². The standard InChI is InChI=1S/C22H25NO7S/c1-5-30-21(24)12-16-14-23(31(25,26)20-9-7-6-8-17(16)20)13-15-10-18(27-2)22(29-4)19(11-15)28-3/h6-12H,5,13-14H2,1-4H3/b16-12+. The van der Waals surface area contributed by atoms with Crippen LogP contribution in [0.1, 0.15) is 18.1 Å². The zero-order valence-corrected chi connectivity index (χ0v) is 18.7. The highest BCUT2D eigenvalue weighted by Crippen LogP contribution is 2.40. The van der Waals surface area contributed by atoms with E-state index in [9.17, 15) is 13.2 Å². The molecule has 0 atom stereocenters. The molecule has 0 saturated heterocycles. The fourth-order valence-electron chi connectivity index (χ4n) is 3.48. The van der Waals surface area contributed by atoms with Crippen LogP contribution in [0, 0.1) is 0 Å². The van der Waals surface area contributed by atoms with E-state index in [4.69, 9.17) is 18.9 Å². The van der Waals surface area contributed by atoms with Crippen molar-refractivity contribution in [2.24, 2.45) is 0 Å². The molecule has 0 amide bonds. The summed E-state index contributed by atoms with van der Waals surface area (Å²) in [5, 5.41) is 0. The summed E-state index contributed by atoms with van der Waals surface area (Å²) in [7, 11) is 0.700. The monoisotopic (exact) mass is 447 g/mol. The molecule has 0 spiro atoms. The summed E-state index contributed by atoms with van der Waals surface area (Å²) in [4.78, 5) is 12.2. The molecule has 0 radical (unpaired) electrons. The minimum Gasteiger partial charge on any atom is -0.493 e. The average molecular weight is 448 g/mol. The average Bonchev–Trinajstić information content (AvgIpc) is 2.76. The lowest BCUT2D eigenvalue weighted by Crippen LogP contribution is -2.36. The third-order valence-corrected chi connectivity index (χ3v) is 6.71. The molecule has 0 N–H and O–H groups in total. The van der Waals surface area contributed by atoms with Gasteiger partial charge in [0, 0.05) is 19.2 Å². The van der Waals surface area contributed by atoms with Gasteiger partial charge in [0.15, 0.2) is 11.5 Å². The van der Waals surface area contributed by atoms with Crippen molar-refractivity contribution in [3.8, 4) is 17.2 Å². The Bertz CT molecular complexity index is 1080. The minimum absolute atomic E-state index is 0.0226. The van der Waals surface area contributed by atoms with Gasteiger partial charge in [0.05, 0.1) is 32.8 Å². The number of nitrogens with zero attached hydrogens (tertiary/aromatic N) is 1. The number of hydrogen-bond donors (Lipinski definition) is 0. The Kier molecular flexibility index (Phi) is 6.87. The Balaban J connectivity index is 2.05. The summed E-state index contributed by atoms with van der Waals surface area (Å²) < 4.78 is 49.0. The molecule has 0 saturated carbocycles. The maximum atomic E-state index is 13.3. The van der Waals surface area contributed by atoms with E-state index in [1.807, 2.05) is 0 Å². The molecule has 31 heavy (non-hydrogen) atoms. The van der Waals surface area contributed by atoms with Crippen LogP contribution in [0.4, 0.5) is 0 Å². The van der Waals surface area contributed by atoms with E-state index in [2.05, 4.69) is 0 Å². The highest BCUT2D eigenvalue weighted by Gasteiger charge is 2.34. The molecule has 1 aliphatic heterocycles. The lowest BCUT2D eigenvalue weighted by Gasteiger charge is -2.30. The number of hydrogen-bond acceptors (Lipinski definition) is 7. The van der Waals surface area contributed by atoms with Crippen molar-refractivity contribution in [3.63, 3.8) is 0 Å². The highest BCUT2D eigenvalue weighted by molar-refractivity contribution is 7.89. The van der Waals surface area contributed by atoms with Gasteiger partial charge in [0.1, 0.15) is 0 Å². The van der Waals surface area contributed by atoms with Crippen LogP contribution < -0.4 is 14.2 Å². The quantitative estimate of drug-likeness (QED) is 0.476. The largest absolute Gasteiger partial charge is 0.493 e. The van der Waals surface area contributed by atoms with Gasteiger partial charge in [-0.25, -0.2) is 13.2 Å². The summed E-state index contributed by atoms with van der Waals surface area (Å²) in [5.41, 5.74) is 1.71. The first kappa shape index (κ1) is 22.6. The maximum absolute atomic E-state index is 13.3. The van der Waals surface area contributed by atoms with Gasteiger partial charge in [-0.3, -0.25) is 0 Å². The molecule has 0 aliphatic carbocycles. The predicted octanol–water partition coefficient (Wildman–Crippen LogP) is 2.86. The fourth-order valence-corrected chi connectivity index (χ4v) is 5.11. The first-order chi connectivity index (χ1) is 14.8. The van der Waals surface area contributed by atoms with E-state index in [-0.39, 0.29) is 24.6 Å². The summed E-state index contributed by atoms with van der Waals surface area (Å²) in [6.07, 6.45) is 1.35. The van der Waals surface area contributed by atoms with Crippen molar-refractivity contribution in [3.05, 3.63) is 53.6 Å². The van der Waals surface area contributed by atoms with E-state index >= 15 is 0 Å². The summed E-state index contributed by atoms with van der Waals surface area (Å²) >= 11 is 0. The summed E-state index contributed by atoms with van der Waals surface area (Å²) in [6, 6.07) is 10.0. The summed E-state index contributed by atoms with van der Waals surface area (Å²) in [5.74, 6) is 0.755. The molecule has 0 aromatic heterocycles. The number of ether oxygens (including phenoxy) is 4. The van der Waals surface area contributed by atoms with Crippen molar-refractivity contribution < 1.29 is 32.2 Å². The number of methoxy groups -OCH3 is 3. The zero-order chi connectivity index (χ0) is 22.6. The maximum Gasteiger partial charge on any atom is 0.331 e. The number of esters is 1. The predicted molar refractivity (Wildman–Crippen MR) is 115 cm³/mol. The number of rotatable bonds is 7. The van der Waals surface area contributed by atoms with Crippen molar-refractivity contribution in [1.82, 2.24) is 4.31 Å². The second-order valence-corrected chi connectivity index (χ2v) is 8.63. The van der Waals surface area contributed by atoms with E-state index in [1.165, 1.54) is 37.8 Å². The second kappa shape index (κ2) is 9.40. The molecule has 8 nitrogen and oxygen atoms in total. The van der Waals surface area contributed by atoms with E-state index in [1.54, 1.807) is 37.3 Å². The first-order valence-corrected chi connectivity index (χ1v) is 11.1. The van der Waals surface area contributed by atoms with Gasteiger partial charge in [-0.15, -0.1) is 0 Å². The van der Waals surface area contributed by atoms with Crippen LogP contribution in [-0.4, -0.2) is 53.2 Å². The van der Waals surface area contributed by atoms with Crippen LogP contribution in [0.25, 0.3) is 5.57 Å². The Morgan fingerprint density at radius 3 is 2.29 bits per heavy atom. The molecular formula is C22H25NO7S. The van der Waals surface area contributed by atoms with Crippen LogP contribution >= 0.6 is 0 Å². The van der Waals surface area contributed by atoms with Crippen molar-refractivity contribution in [2.75, 3.05) is 34.5 Å². The molecule has 3 rings (SSSR count). The molecule has 1 aliphatic rings. The van der Waals surface area contributed by atoms with Crippen LogP contribution in [0.15, 0.2) is 47.4 Å². The number of benzene rings is 2. The van der Waals surface area contributed by atoms with Crippen molar-refractivity contribution >= 4 is 21.6 Å². The van der Waals surface area contributed by atoms with E-state index in [0.29, 0.717) is 33.9 Å². The molecule has 0 unspecified atom stereocenters.